The highest BCUT2D eigenvalue weighted by atomic mass is 79.9. The highest BCUT2D eigenvalue weighted by Gasteiger charge is 2.31. The Bertz CT molecular complexity index is 552. The SMILES string of the molecule is CCCCCCCCOC(=O)NC1=C(Br)C(=O)C(C)=C(Br)C1=O. The first-order chi connectivity index (χ1) is 10.9. The largest absolute Gasteiger partial charge is 0.449 e. The van der Waals surface area contributed by atoms with Crippen LogP contribution in [0.1, 0.15) is 52.4 Å². The third-order valence-electron chi connectivity index (χ3n) is 3.47. The van der Waals surface area contributed by atoms with E-state index in [1.54, 1.807) is 6.92 Å². The molecule has 128 valence electrons. The number of nitrogens with one attached hydrogen (secondary N) is 1. The second-order valence-corrected chi connectivity index (χ2v) is 6.90. The number of ether oxygens (including phenoxy) is 1. The monoisotopic (exact) mass is 449 g/mol. The molecule has 0 saturated carbocycles. The van der Waals surface area contributed by atoms with Gasteiger partial charge in [0.25, 0.3) is 0 Å². The van der Waals surface area contributed by atoms with Crippen molar-refractivity contribution in [2.45, 2.75) is 52.4 Å². The van der Waals surface area contributed by atoms with E-state index in [1.807, 2.05) is 0 Å². The Morgan fingerprint density at radius 3 is 2.26 bits per heavy atom. The molecule has 0 unspecified atom stereocenters. The van der Waals surface area contributed by atoms with Crippen LogP contribution in [-0.2, 0) is 14.3 Å². The number of carbonyl (C=O) groups excluding carboxylic acids is 3. The van der Waals surface area contributed by atoms with Crippen molar-refractivity contribution in [2.75, 3.05) is 6.61 Å². The number of ketones is 2. The zero-order chi connectivity index (χ0) is 17.4. The van der Waals surface area contributed by atoms with Crippen molar-refractivity contribution in [3.8, 4) is 0 Å². The van der Waals surface area contributed by atoms with E-state index in [0.29, 0.717) is 12.2 Å². The van der Waals surface area contributed by atoms with Gasteiger partial charge in [-0.05, 0) is 45.2 Å². The zero-order valence-electron chi connectivity index (χ0n) is 13.3. The maximum atomic E-state index is 12.1. The Kier molecular flexibility index (Phi) is 8.76. The summed E-state index contributed by atoms with van der Waals surface area (Å²) in [5.74, 6) is -0.798. The normalized spacial score (nSPS) is 15.3. The van der Waals surface area contributed by atoms with Crippen LogP contribution in [-0.4, -0.2) is 24.3 Å². The molecule has 0 fully saturated rings. The maximum absolute atomic E-state index is 12.1. The average molecular weight is 451 g/mol. The molecule has 0 saturated heterocycles. The van der Waals surface area contributed by atoms with Gasteiger partial charge in [-0.3, -0.25) is 14.9 Å². The van der Waals surface area contributed by atoms with Gasteiger partial charge in [0, 0.05) is 5.57 Å². The standard InChI is InChI=1S/C16H21Br2NO4/c1-3-4-5-6-7-8-9-23-16(22)19-13-12(18)14(20)10(2)11(17)15(13)21/h3-9H2,1-2H3,(H,19,22). The van der Waals surface area contributed by atoms with Gasteiger partial charge in [0.1, 0.15) is 5.70 Å². The molecular formula is C16H21Br2NO4. The first kappa shape index (κ1) is 20.1. The second-order valence-electron chi connectivity index (χ2n) is 5.31. The van der Waals surface area contributed by atoms with Gasteiger partial charge in [0.05, 0.1) is 15.6 Å². The molecule has 1 rings (SSSR count). The number of carbonyl (C=O) groups is 3. The summed E-state index contributed by atoms with van der Waals surface area (Å²) < 4.78 is 5.24. The average Bonchev–Trinajstić information content (AvgIpc) is 2.54. The zero-order valence-corrected chi connectivity index (χ0v) is 16.5. The molecule has 0 bridgehead atoms. The summed E-state index contributed by atoms with van der Waals surface area (Å²) in [4.78, 5) is 35.8. The molecule has 1 aliphatic carbocycles. The summed E-state index contributed by atoms with van der Waals surface area (Å²) in [5, 5.41) is 2.35. The lowest BCUT2D eigenvalue weighted by molar-refractivity contribution is -0.115. The van der Waals surface area contributed by atoms with E-state index in [4.69, 9.17) is 4.74 Å². The van der Waals surface area contributed by atoms with Crippen molar-refractivity contribution in [1.29, 1.82) is 0 Å². The number of hydrogen-bond donors (Lipinski definition) is 1. The van der Waals surface area contributed by atoms with Crippen LogP contribution in [0.15, 0.2) is 20.2 Å². The fourth-order valence-corrected chi connectivity index (χ4v) is 3.01. The first-order valence-electron chi connectivity index (χ1n) is 7.69. The second kappa shape index (κ2) is 10.0. The summed E-state index contributed by atoms with van der Waals surface area (Å²) >= 11 is 6.13. The van der Waals surface area contributed by atoms with E-state index in [-0.39, 0.29) is 20.4 Å². The number of Topliss-reactive ketones (excluding diaryl/α,β-unsaturated/α-hetero) is 2. The molecule has 0 aliphatic heterocycles. The first-order valence-corrected chi connectivity index (χ1v) is 9.28. The van der Waals surface area contributed by atoms with Crippen molar-refractivity contribution in [3.63, 3.8) is 0 Å². The summed E-state index contributed by atoms with van der Waals surface area (Å²) in [7, 11) is 0. The number of hydrogen-bond acceptors (Lipinski definition) is 4. The number of halogens is 2. The summed E-state index contributed by atoms with van der Waals surface area (Å²) in [6, 6.07) is 0. The Labute approximate surface area is 153 Å². The van der Waals surface area contributed by atoms with Crippen molar-refractivity contribution >= 4 is 49.5 Å². The summed E-state index contributed by atoms with van der Waals surface area (Å²) in [5.41, 5.74) is 0.202. The molecule has 0 heterocycles. The quantitative estimate of drug-likeness (QED) is 0.436. The maximum Gasteiger partial charge on any atom is 0.411 e. The number of amides is 1. The Balaban J connectivity index is 2.42. The summed E-state index contributed by atoms with van der Waals surface area (Å²) in [6.45, 7) is 3.99. The highest BCUT2D eigenvalue weighted by molar-refractivity contribution is 9.12. The van der Waals surface area contributed by atoms with Gasteiger partial charge in [0.15, 0.2) is 5.78 Å². The van der Waals surface area contributed by atoms with E-state index >= 15 is 0 Å². The van der Waals surface area contributed by atoms with Gasteiger partial charge in [-0.2, -0.15) is 0 Å². The smallest absolute Gasteiger partial charge is 0.411 e. The number of allylic oxidation sites excluding steroid dienone is 3. The Hall–Kier alpha value is -0.950. The van der Waals surface area contributed by atoms with Crippen LogP contribution in [0.4, 0.5) is 4.79 Å². The van der Waals surface area contributed by atoms with Crippen LogP contribution >= 0.6 is 31.9 Å². The Morgan fingerprint density at radius 2 is 1.61 bits per heavy atom. The number of unbranched alkanes of at least 4 members (excludes halogenated alkanes) is 5. The number of rotatable bonds is 8. The molecule has 0 atom stereocenters. The van der Waals surface area contributed by atoms with Gasteiger partial charge in [-0.1, -0.05) is 39.0 Å². The van der Waals surface area contributed by atoms with Crippen LogP contribution in [0.25, 0.3) is 0 Å². The minimum atomic E-state index is -0.730. The molecular weight excluding hydrogens is 430 g/mol. The fourth-order valence-electron chi connectivity index (χ4n) is 2.05. The molecule has 0 radical (unpaired) electrons. The van der Waals surface area contributed by atoms with E-state index in [1.165, 1.54) is 19.3 Å². The predicted octanol–water partition coefficient (Wildman–Crippen LogP) is 4.50. The van der Waals surface area contributed by atoms with Crippen LogP contribution in [0, 0.1) is 0 Å². The molecule has 5 nitrogen and oxygen atoms in total. The minimum Gasteiger partial charge on any atom is -0.449 e. The van der Waals surface area contributed by atoms with E-state index in [0.717, 1.165) is 19.3 Å². The minimum absolute atomic E-state index is 0.0414. The lowest BCUT2D eigenvalue weighted by Crippen LogP contribution is -2.33. The van der Waals surface area contributed by atoms with Gasteiger partial charge >= 0.3 is 6.09 Å². The third-order valence-corrected chi connectivity index (χ3v) is 5.18. The van der Waals surface area contributed by atoms with E-state index < -0.39 is 11.9 Å². The van der Waals surface area contributed by atoms with Crippen LogP contribution in [0.5, 0.6) is 0 Å². The third kappa shape index (κ3) is 5.88. The van der Waals surface area contributed by atoms with E-state index in [9.17, 15) is 14.4 Å². The van der Waals surface area contributed by atoms with Gasteiger partial charge in [-0.25, -0.2) is 4.79 Å². The molecule has 0 spiro atoms. The van der Waals surface area contributed by atoms with Crippen LogP contribution in [0.2, 0.25) is 0 Å². The van der Waals surface area contributed by atoms with Crippen LogP contribution < -0.4 is 5.32 Å². The molecule has 1 N–H and O–H groups in total. The fraction of sp³-hybridized carbons (Fsp3) is 0.562. The predicted molar refractivity (Wildman–Crippen MR) is 95.5 cm³/mol. The molecule has 1 aliphatic rings. The molecule has 0 aromatic rings. The van der Waals surface area contributed by atoms with Gasteiger partial charge in [0.2, 0.25) is 5.78 Å². The van der Waals surface area contributed by atoms with Crippen molar-refractivity contribution in [1.82, 2.24) is 5.32 Å². The van der Waals surface area contributed by atoms with Crippen LogP contribution in [0.3, 0.4) is 0 Å². The van der Waals surface area contributed by atoms with Crippen molar-refractivity contribution < 1.29 is 19.1 Å². The molecule has 7 heteroatoms. The lowest BCUT2D eigenvalue weighted by Gasteiger charge is -2.16. The van der Waals surface area contributed by atoms with Gasteiger partial charge in [-0.15, -0.1) is 0 Å². The van der Waals surface area contributed by atoms with E-state index in [2.05, 4.69) is 44.1 Å². The molecule has 1 amide bonds. The topological polar surface area (TPSA) is 72.5 Å². The molecule has 0 aromatic heterocycles. The van der Waals surface area contributed by atoms with Crippen molar-refractivity contribution in [2.24, 2.45) is 0 Å². The van der Waals surface area contributed by atoms with Crippen molar-refractivity contribution in [3.05, 3.63) is 20.2 Å². The molecule has 0 aromatic carbocycles. The Morgan fingerprint density at radius 1 is 1.00 bits per heavy atom. The lowest BCUT2D eigenvalue weighted by atomic mass is 10.0. The summed E-state index contributed by atoms with van der Waals surface area (Å²) in [6.07, 6.45) is 5.79. The molecule has 23 heavy (non-hydrogen) atoms. The van der Waals surface area contributed by atoms with Gasteiger partial charge < -0.3 is 4.74 Å². The number of alkyl carbamates (subject to hydrolysis) is 1. The highest BCUT2D eigenvalue weighted by Crippen LogP contribution is 2.29.